The van der Waals surface area contributed by atoms with Crippen LogP contribution in [0.5, 0.6) is 0 Å². The number of hydrogen-bond donors (Lipinski definition) is 1. The maximum absolute atomic E-state index is 4.37. The SMILES string of the molecule is CC(C)CC1CN(c2ccc3ncsc3c2)CCCN1. The summed E-state index contributed by atoms with van der Waals surface area (Å²) < 4.78 is 1.29. The monoisotopic (exact) mass is 289 g/mol. The van der Waals surface area contributed by atoms with Gasteiger partial charge in [-0.1, -0.05) is 13.8 Å². The first-order chi connectivity index (χ1) is 9.72. The summed E-state index contributed by atoms with van der Waals surface area (Å²) in [5.74, 6) is 0.747. The van der Waals surface area contributed by atoms with Gasteiger partial charge in [-0.15, -0.1) is 11.3 Å². The molecule has 3 rings (SSSR count). The largest absolute Gasteiger partial charge is 0.370 e. The predicted molar refractivity (Wildman–Crippen MR) is 87.7 cm³/mol. The van der Waals surface area contributed by atoms with Gasteiger partial charge in [0.15, 0.2) is 0 Å². The molecule has 0 amide bonds. The third-order valence-corrected chi connectivity index (χ3v) is 4.71. The summed E-state index contributed by atoms with van der Waals surface area (Å²) in [6.07, 6.45) is 2.47. The fourth-order valence-corrected chi connectivity index (χ4v) is 3.71. The second-order valence-electron chi connectivity index (χ2n) is 6.08. The predicted octanol–water partition coefficient (Wildman–Crippen LogP) is 3.51. The Balaban J connectivity index is 1.79. The molecule has 0 saturated carbocycles. The van der Waals surface area contributed by atoms with Crippen LogP contribution < -0.4 is 10.2 Å². The maximum atomic E-state index is 4.37. The standard InChI is InChI=1S/C16H23N3S/c1-12(2)8-13-10-19(7-3-6-17-13)14-4-5-15-16(9-14)20-11-18-15/h4-5,9,11-13,17H,3,6-8,10H2,1-2H3. The summed E-state index contributed by atoms with van der Waals surface area (Å²) in [6.45, 7) is 8.01. The van der Waals surface area contributed by atoms with E-state index in [1.165, 1.54) is 23.2 Å². The quantitative estimate of drug-likeness (QED) is 0.937. The van der Waals surface area contributed by atoms with Crippen molar-refractivity contribution in [3.63, 3.8) is 0 Å². The van der Waals surface area contributed by atoms with E-state index in [2.05, 4.69) is 47.2 Å². The van der Waals surface area contributed by atoms with Gasteiger partial charge in [-0.05, 0) is 43.5 Å². The summed E-state index contributed by atoms with van der Waals surface area (Å²) in [4.78, 5) is 6.90. The second-order valence-corrected chi connectivity index (χ2v) is 6.97. The van der Waals surface area contributed by atoms with Crippen molar-refractivity contribution >= 4 is 27.2 Å². The van der Waals surface area contributed by atoms with Gasteiger partial charge in [-0.3, -0.25) is 0 Å². The second kappa shape index (κ2) is 6.10. The molecule has 1 aliphatic heterocycles. The lowest BCUT2D eigenvalue weighted by molar-refractivity contribution is 0.436. The molecule has 108 valence electrons. The molecule has 0 bridgehead atoms. The molecular formula is C16H23N3S. The molecule has 1 fully saturated rings. The Labute approximate surface area is 125 Å². The molecule has 3 nitrogen and oxygen atoms in total. The highest BCUT2D eigenvalue weighted by Crippen LogP contribution is 2.25. The van der Waals surface area contributed by atoms with Crippen LogP contribution >= 0.6 is 11.3 Å². The van der Waals surface area contributed by atoms with E-state index in [9.17, 15) is 0 Å². The van der Waals surface area contributed by atoms with Crippen LogP contribution in [0, 0.1) is 5.92 Å². The van der Waals surface area contributed by atoms with Gasteiger partial charge in [0.25, 0.3) is 0 Å². The van der Waals surface area contributed by atoms with Crippen LogP contribution in [-0.2, 0) is 0 Å². The van der Waals surface area contributed by atoms with E-state index < -0.39 is 0 Å². The van der Waals surface area contributed by atoms with Gasteiger partial charge in [-0.25, -0.2) is 4.98 Å². The number of hydrogen-bond acceptors (Lipinski definition) is 4. The minimum atomic E-state index is 0.606. The maximum Gasteiger partial charge on any atom is 0.0813 e. The van der Waals surface area contributed by atoms with Crippen LogP contribution in [0.3, 0.4) is 0 Å². The lowest BCUT2D eigenvalue weighted by Gasteiger charge is -2.27. The molecule has 1 N–H and O–H groups in total. The number of nitrogens with one attached hydrogen (secondary N) is 1. The van der Waals surface area contributed by atoms with Crippen molar-refractivity contribution in [1.82, 2.24) is 10.3 Å². The minimum Gasteiger partial charge on any atom is -0.370 e. The van der Waals surface area contributed by atoms with E-state index in [0.717, 1.165) is 31.1 Å². The number of benzene rings is 1. The highest BCUT2D eigenvalue weighted by atomic mass is 32.1. The fourth-order valence-electron chi connectivity index (χ4n) is 3.00. The van der Waals surface area contributed by atoms with Crippen LogP contribution in [0.4, 0.5) is 5.69 Å². The van der Waals surface area contributed by atoms with Crippen LogP contribution in [0.2, 0.25) is 0 Å². The van der Waals surface area contributed by atoms with Crippen molar-refractivity contribution in [2.45, 2.75) is 32.7 Å². The third kappa shape index (κ3) is 3.13. The molecule has 20 heavy (non-hydrogen) atoms. The zero-order chi connectivity index (χ0) is 13.9. The average Bonchev–Trinajstić information content (AvgIpc) is 2.77. The van der Waals surface area contributed by atoms with Gasteiger partial charge in [0.1, 0.15) is 0 Å². The van der Waals surface area contributed by atoms with E-state index in [4.69, 9.17) is 0 Å². The normalized spacial score (nSPS) is 20.6. The Morgan fingerprint density at radius 3 is 3.20 bits per heavy atom. The van der Waals surface area contributed by atoms with E-state index in [1.807, 2.05) is 5.51 Å². The van der Waals surface area contributed by atoms with E-state index in [1.54, 1.807) is 11.3 Å². The van der Waals surface area contributed by atoms with Crippen LogP contribution in [-0.4, -0.2) is 30.7 Å². The lowest BCUT2D eigenvalue weighted by Crippen LogP contribution is -2.38. The van der Waals surface area contributed by atoms with Gasteiger partial charge in [0.05, 0.1) is 15.7 Å². The highest BCUT2D eigenvalue weighted by Gasteiger charge is 2.19. The summed E-state index contributed by atoms with van der Waals surface area (Å²) >= 11 is 1.73. The van der Waals surface area contributed by atoms with E-state index in [-0.39, 0.29) is 0 Å². The first-order valence-electron chi connectivity index (χ1n) is 7.54. The molecule has 1 saturated heterocycles. The molecule has 0 aliphatic carbocycles. The fraction of sp³-hybridized carbons (Fsp3) is 0.562. The topological polar surface area (TPSA) is 28.2 Å². The van der Waals surface area contributed by atoms with Gasteiger partial charge in [-0.2, -0.15) is 0 Å². The molecule has 0 radical (unpaired) electrons. The molecule has 4 heteroatoms. The average molecular weight is 289 g/mol. The number of fused-ring (bicyclic) bond motifs is 1. The van der Waals surface area contributed by atoms with Gasteiger partial charge in [0.2, 0.25) is 0 Å². The highest BCUT2D eigenvalue weighted by molar-refractivity contribution is 7.16. The first kappa shape index (κ1) is 13.8. The number of nitrogens with zero attached hydrogens (tertiary/aromatic N) is 2. The lowest BCUT2D eigenvalue weighted by atomic mass is 10.0. The van der Waals surface area contributed by atoms with Crippen molar-refractivity contribution in [3.05, 3.63) is 23.7 Å². The number of anilines is 1. The molecule has 1 atom stereocenters. The van der Waals surface area contributed by atoms with Crippen molar-refractivity contribution in [2.24, 2.45) is 5.92 Å². The zero-order valence-electron chi connectivity index (χ0n) is 12.3. The van der Waals surface area contributed by atoms with Crippen LogP contribution in [0.25, 0.3) is 10.2 Å². The number of aromatic nitrogens is 1. The first-order valence-corrected chi connectivity index (χ1v) is 8.42. The molecule has 1 aromatic heterocycles. The molecular weight excluding hydrogens is 266 g/mol. The summed E-state index contributed by atoms with van der Waals surface area (Å²) in [6, 6.07) is 7.27. The van der Waals surface area contributed by atoms with Crippen molar-refractivity contribution < 1.29 is 0 Å². The van der Waals surface area contributed by atoms with Crippen molar-refractivity contribution in [1.29, 1.82) is 0 Å². The Hall–Kier alpha value is -1.13. The smallest absolute Gasteiger partial charge is 0.0813 e. The van der Waals surface area contributed by atoms with E-state index >= 15 is 0 Å². The van der Waals surface area contributed by atoms with Crippen LogP contribution in [0.15, 0.2) is 23.7 Å². The third-order valence-electron chi connectivity index (χ3n) is 3.91. The Bertz CT molecular complexity index is 564. The molecule has 0 spiro atoms. The summed E-state index contributed by atoms with van der Waals surface area (Å²) in [7, 11) is 0. The molecule has 1 unspecified atom stereocenters. The van der Waals surface area contributed by atoms with Gasteiger partial charge >= 0.3 is 0 Å². The molecule has 2 heterocycles. The Morgan fingerprint density at radius 2 is 2.35 bits per heavy atom. The van der Waals surface area contributed by atoms with Gasteiger partial charge in [0, 0.05) is 24.8 Å². The van der Waals surface area contributed by atoms with Crippen molar-refractivity contribution in [3.8, 4) is 0 Å². The van der Waals surface area contributed by atoms with Gasteiger partial charge < -0.3 is 10.2 Å². The number of thiazole rings is 1. The number of rotatable bonds is 3. The molecule has 2 aromatic rings. The zero-order valence-corrected chi connectivity index (χ0v) is 13.1. The summed E-state index contributed by atoms with van der Waals surface area (Å²) in [5, 5.41) is 3.69. The summed E-state index contributed by atoms with van der Waals surface area (Å²) in [5.41, 5.74) is 4.39. The Morgan fingerprint density at radius 1 is 1.45 bits per heavy atom. The molecule has 1 aromatic carbocycles. The Kier molecular flexibility index (Phi) is 4.22. The molecule has 1 aliphatic rings. The van der Waals surface area contributed by atoms with E-state index in [0.29, 0.717) is 6.04 Å². The minimum absolute atomic E-state index is 0.606. The van der Waals surface area contributed by atoms with Crippen molar-refractivity contribution in [2.75, 3.05) is 24.5 Å². The van der Waals surface area contributed by atoms with Crippen LogP contribution in [0.1, 0.15) is 26.7 Å².